The Morgan fingerprint density at radius 2 is 2.15 bits per heavy atom. The largest absolute Gasteiger partial charge is 0.338 e. The molecule has 1 heterocycles. The second-order valence-electron chi connectivity index (χ2n) is 4.81. The van der Waals surface area contributed by atoms with Gasteiger partial charge in [-0.05, 0) is 19.0 Å². The van der Waals surface area contributed by atoms with Crippen LogP contribution in [0, 0.1) is 11.6 Å². The maximum absolute atomic E-state index is 14.0. The van der Waals surface area contributed by atoms with Crippen LogP contribution in [0.2, 0.25) is 0 Å². The minimum Gasteiger partial charge on any atom is -0.338 e. The molecule has 3 nitrogen and oxygen atoms in total. The Balaban J connectivity index is 2.27. The molecule has 0 aliphatic carbocycles. The van der Waals surface area contributed by atoms with Gasteiger partial charge in [0.05, 0.1) is 0 Å². The molecular formula is C15H19F2N3. The normalized spacial score (nSPS) is 12.6. The summed E-state index contributed by atoms with van der Waals surface area (Å²) in [6, 6.07) is 4.00. The van der Waals surface area contributed by atoms with Crippen LogP contribution < -0.4 is 5.32 Å². The number of halogens is 2. The third kappa shape index (κ3) is 3.22. The molecule has 0 fully saturated rings. The van der Waals surface area contributed by atoms with Gasteiger partial charge in [0.1, 0.15) is 5.82 Å². The summed E-state index contributed by atoms with van der Waals surface area (Å²) in [5, 5.41) is 3.26. The van der Waals surface area contributed by atoms with E-state index in [0.29, 0.717) is 12.0 Å². The summed E-state index contributed by atoms with van der Waals surface area (Å²) in [5.74, 6) is -0.761. The van der Waals surface area contributed by atoms with E-state index in [1.165, 1.54) is 6.07 Å². The molecule has 2 rings (SSSR count). The van der Waals surface area contributed by atoms with Gasteiger partial charge in [0.2, 0.25) is 0 Å². The van der Waals surface area contributed by atoms with E-state index >= 15 is 0 Å². The number of hydrogen-bond acceptors (Lipinski definition) is 2. The Hall–Kier alpha value is -1.75. The summed E-state index contributed by atoms with van der Waals surface area (Å²) >= 11 is 0. The van der Waals surface area contributed by atoms with Gasteiger partial charge in [0, 0.05) is 37.5 Å². The molecule has 1 aromatic carbocycles. The number of rotatable bonds is 6. The van der Waals surface area contributed by atoms with Gasteiger partial charge < -0.3 is 9.88 Å². The quantitative estimate of drug-likeness (QED) is 0.881. The average molecular weight is 279 g/mol. The van der Waals surface area contributed by atoms with E-state index in [1.807, 2.05) is 24.7 Å². The summed E-state index contributed by atoms with van der Waals surface area (Å²) in [6.45, 7) is 2.78. The Labute approximate surface area is 117 Å². The second kappa shape index (κ2) is 6.61. The molecule has 0 spiro atoms. The molecule has 5 heteroatoms. The maximum Gasteiger partial charge on any atom is 0.163 e. The fraction of sp³-hybridized carbons (Fsp3) is 0.400. The lowest BCUT2D eigenvalue weighted by Crippen LogP contribution is -2.26. The van der Waals surface area contributed by atoms with E-state index in [-0.39, 0.29) is 6.04 Å². The van der Waals surface area contributed by atoms with Crippen molar-refractivity contribution in [3.05, 3.63) is 53.6 Å². The zero-order valence-corrected chi connectivity index (χ0v) is 11.7. The van der Waals surface area contributed by atoms with Crippen LogP contribution in [0.15, 0.2) is 30.6 Å². The van der Waals surface area contributed by atoms with E-state index in [4.69, 9.17) is 0 Å². The van der Waals surface area contributed by atoms with Crippen molar-refractivity contribution in [2.45, 2.75) is 25.8 Å². The van der Waals surface area contributed by atoms with Gasteiger partial charge in [-0.15, -0.1) is 0 Å². The van der Waals surface area contributed by atoms with Crippen LogP contribution >= 0.6 is 0 Å². The second-order valence-corrected chi connectivity index (χ2v) is 4.81. The number of hydrogen-bond donors (Lipinski definition) is 1. The SMILES string of the molecule is CCCNC(Cc1nccn1C)c1cccc(F)c1F. The first-order chi connectivity index (χ1) is 9.63. The minimum absolute atomic E-state index is 0.285. The van der Waals surface area contributed by atoms with Gasteiger partial charge in [-0.2, -0.15) is 0 Å². The number of benzene rings is 1. The molecule has 108 valence electrons. The highest BCUT2D eigenvalue weighted by atomic mass is 19.2. The molecule has 1 atom stereocenters. The molecule has 0 bridgehead atoms. The molecule has 0 amide bonds. The summed E-state index contributed by atoms with van der Waals surface area (Å²) in [7, 11) is 1.89. The Morgan fingerprint density at radius 3 is 2.80 bits per heavy atom. The Kier molecular flexibility index (Phi) is 4.84. The molecule has 0 saturated heterocycles. The molecule has 20 heavy (non-hydrogen) atoms. The third-order valence-corrected chi connectivity index (χ3v) is 3.31. The van der Waals surface area contributed by atoms with Crippen LogP contribution in [0.1, 0.15) is 30.8 Å². The predicted octanol–water partition coefficient (Wildman–Crippen LogP) is 2.98. The summed E-state index contributed by atoms with van der Waals surface area (Å²) < 4.78 is 29.2. The summed E-state index contributed by atoms with van der Waals surface area (Å²) in [4.78, 5) is 4.25. The highest BCUT2D eigenvalue weighted by molar-refractivity contribution is 5.23. The zero-order valence-electron chi connectivity index (χ0n) is 11.7. The number of nitrogens with zero attached hydrogens (tertiary/aromatic N) is 2. The standard InChI is InChI=1S/C15H19F2N3/c1-3-7-18-13(10-14-19-8-9-20(14)2)11-5-4-6-12(16)15(11)17/h4-6,8-9,13,18H,3,7,10H2,1-2H3. The number of aromatic nitrogens is 2. The van der Waals surface area contributed by atoms with Crippen molar-refractivity contribution in [3.63, 3.8) is 0 Å². The van der Waals surface area contributed by atoms with Gasteiger partial charge in [-0.3, -0.25) is 0 Å². The Bertz CT molecular complexity index is 566. The lowest BCUT2D eigenvalue weighted by Gasteiger charge is -2.19. The van der Waals surface area contributed by atoms with E-state index in [9.17, 15) is 8.78 Å². The fourth-order valence-electron chi connectivity index (χ4n) is 2.18. The number of aryl methyl sites for hydroxylation is 1. The van der Waals surface area contributed by atoms with Gasteiger partial charge in [-0.1, -0.05) is 19.1 Å². The zero-order chi connectivity index (χ0) is 14.5. The van der Waals surface area contributed by atoms with Crippen molar-refractivity contribution in [2.24, 2.45) is 7.05 Å². The molecule has 0 aliphatic rings. The third-order valence-electron chi connectivity index (χ3n) is 3.31. The maximum atomic E-state index is 14.0. The van der Waals surface area contributed by atoms with Crippen LogP contribution in [0.5, 0.6) is 0 Å². The van der Waals surface area contributed by atoms with Crippen LogP contribution in [0.25, 0.3) is 0 Å². The molecule has 2 aromatic rings. The molecule has 1 aromatic heterocycles. The lowest BCUT2D eigenvalue weighted by molar-refractivity contribution is 0.453. The van der Waals surface area contributed by atoms with Crippen molar-refractivity contribution in [2.75, 3.05) is 6.54 Å². The smallest absolute Gasteiger partial charge is 0.163 e. The van der Waals surface area contributed by atoms with Crippen LogP contribution in [0.4, 0.5) is 8.78 Å². The summed E-state index contributed by atoms with van der Waals surface area (Å²) in [6.07, 6.45) is 4.99. The first-order valence-corrected chi connectivity index (χ1v) is 6.77. The van der Waals surface area contributed by atoms with Gasteiger partial charge in [0.15, 0.2) is 11.6 Å². The van der Waals surface area contributed by atoms with Crippen LogP contribution in [-0.4, -0.2) is 16.1 Å². The van der Waals surface area contributed by atoms with Crippen molar-refractivity contribution >= 4 is 0 Å². The Morgan fingerprint density at radius 1 is 1.35 bits per heavy atom. The first-order valence-electron chi connectivity index (χ1n) is 6.77. The lowest BCUT2D eigenvalue weighted by atomic mass is 10.0. The fourth-order valence-corrected chi connectivity index (χ4v) is 2.18. The van der Waals surface area contributed by atoms with Crippen LogP contribution in [-0.2, 0) is 13.5 Å². The van der Waals surface area contributed by atoms with Gasteiger partial charge in [0.25, 0.3) is 0 Å². The highest BCUT2D eigenvalue weighted by Gasteiger charge is 2.19. The molecule has 0 radical (unpaired) electrons. The van der Waals surface area contributed by atoms with Crippen LogP contribution in [0.3, 0.4) is 0 Å². The van der Waals surface area contributed by atoms with Crippen molar-refractivity contribution in [1.82, 2.24) is 14.9 Å². The summed E-state index contributed by atoms with van der Waals surface area (Å²) in [5.41, 5.74) is 0.349. The van der Waals surface area contributed by atoms with Crippen molar-refractivity contribution in [3.8, 4) is 0 Å². The van der Waals surface area contributed by atoms with Crippen molar-refractivity contribution in [1.29, 1.82) is 0 Å². The van der Waals surface area contributed by atoms with Gasteiger partial charge >= 0.3 is 0 Å². The first kappa shape index (κ1) is 14.7. The molecule has 0 saturated carbocycles. The predicted molar refractivity (Wildman–Crippen MR) is 74.3 cm³/mol. The molecular weight excluding hydrogens is 260 g/mol. The topological polar surface area (TPSA) is 29.9 Å². The van der Waals surface area contributed by atoms with E-state index in [2.05, 4.69) is 10.3 Å². The minimum atomic E-state index is -0.814. The van der Waals surface area contributed by atoms with Crippen molar-refractivity contribution < 1.29 is 8.78 Å². The van der Waals surface area contributed by atoms with E-state index in [1.54, 1.807) is 12.3 Å². The highest BCUT2D eigenvalue weighted by Crippen LogP contribution is 2.22. The van der Waals surface area contributed by atoms with Gasteiger partial charge in [-0.25, -0.2) is 13.8 Å². The molecule has 1 N–H and O–H groups in total. The number of nitrogens with one attached hydrogen (secondary N) is 1. The monoisotopic (exact) mass is 279 g/mol. The number of imidazole rings is 1. The van der Waals surface area contributed by atoms with E-state index < -0.39 is 11.6 Å². The van der Waals surface area contributed by atoms with E-state index in [0.717, 1.165) is 24.9 Å². The molecule has 1 unspecified atom stereocenters. The average Bonchev–Trinajstić information content (AvgIpc) is 2.83. The molecule has 0 aliphatic heterocycles.